The van der Waals surface area contributed by atoms with E-state index in [0.29, 0.717) is 42.5 Å². The van der Waals surface area contributed by atoms with Gasteiger partial charge in [0, 0.05) is 38.3 Å². The van der Waals surface area contributed by atoms with Crippen LogP contribution in [0.3, 0.4) is 0 Å². The quantitative estimate of drug-likeness (QED) is 0.475. The Morgan fingerprint density at radius 2 is 1.73 bits per heavy atom. The molecule has 10 nitrogen and oxygen atoms in total. The highest BCUT2D eigenvalue weighted by Gasteiger charge is 2.34. The van der Waals surface area contributed by atoms with Crippen LogP contribution >= 0.6 is 0 Å². The summed E-state index contributed by atoms with van der Waals surface area (Å²) in [7, 11) is -1.43. The van der Waals surface area contributed by atoms with Crippen molar-refractivity contribution in [2.45, 2.75) is 51.7 Å². The van der Waals surface area contributed by atoms with Crippen molar-refractivity contribution in [3.63, 3.8) is 0 Å². The van der Waals surface area contributed by atoms with Crippen LogP contribution in [0.1, 0.15) is 44.2 Å². The van der Waals surface area contributed by atoms with Crippen LogP contribution in [-0.4, -0.2) is 87.8 Å². The smallest absolute Gasteiger partial charge is 0.423 e. The molecule has 2 fully saturated rings. The van der Waals surface area contributed by atoms with E-state index < -0.39 is 7.12 Å². The molecule has 0 saturated carbocycles. The van der Waals surface area contributed by atoms with Crippen molar-refractivity contribution < 1.29 is 14.8 Å². The van der Waals surface area contributed by atoms with Crippen LogP contribution in [0.5, 0.6) is 0 Å². The fraction of sp³-hybridized carbons (Fsp3) is 0.538. The molecular formula is C26H36BN7O3. The zero-order chi connectivity index (χ0) is 26.4. The highest BCUT2D eigenvalue weighted by molar-refractivity contribution is 6.58. The summed E-state index contributed by atoms with van der Waals surface area (Å²) in [5.41, 5.74) is 2.11. The van der Waals surface area contributed by atoms with Gasteiger partial charge in [-0.2, -0.15) is 5.26 Å². The number of carbonyl (C=O) groups is 1. The molecule has 3 heterocycles. The lowest BCUT2D eigenvalue weighted by atomic mass is 9.80. The maximum atomic E-state index is 13.0. The molecule has 0 aliphatic carbocycles. The molecule has 37 heavy (non-hydrogen) atoms. The number of nitriles is 1. The predicted molar refractivity (Wildman–Crippen MR) is 142 cm³/mol. The van der Waals surface area contributed by atoms with Gasteiger partial charge in [0.15, 0.2) is 0 Å². The predicted octanol–water partition coefficient (Wildman–Crippen LogP) is 0.939. The largest absolute Gasteiger partial charge is 0.488 e. The number of hydrogen-bond donors (Lipinski definition) is 3. The zero-order valence-corrected chi connectivity index (χ0v) is 21.6. The minimum Gasteiger partial charge on any atom is -0.423 e. The fourth-order valence-electron chi connectivity index (χ4n) is 5.39. The molecule has 0 spiro atoms. The molecule has 3 N–H and O–H groups in total. The van der Waals surface area contributed by atoms with Crippen molar-refractivity contribution in [3.05, 3.63) is 47.8 Å². The highest BCUT2D eigenvalue weighted by atomic mass is 16.4. The summed E-state index contributed by atoms with van der Waals surface area (Å²) in [4.78, 5) is 28.0. The van der Waals surface area contributed by atoms with E-state index in [4.69, 9.17) is 5.26 Å². The second kappa shape index (κ2) is 12.4. The molecule has 2 aliphatic rings. The Balaban J connectivity index is 1.17. The minimum atomic E-state index is -1.43. The van der Waals surface area contributed by atoms with Gasteiger partial charge in [-0.05, 0) is 63.1 Å². The van der Waals surface area contributed by atoms with E-state index in [1.54, 1.807) is 12.1 Å². The van der Waals surface area contributed by atoms with E-state index in [0.717, 1.165) is 38.9 Å². The summed E-state index contributed by atoms with van der Waals surface area (Å²) in [5, 5.41) is 30.6. The first-order chi connectivity index (χ1) is 17.8. The molecule has 1 aromatic carbocycles. The van der Waals surface area contributed by atoms with Gasteiger partial charge >= 0.3 is 13.1 Å². The van der Waals surface area contributed by atoms with Gasteiger partial charge in [-0.25, -0.2) is 14.8 Å². The van der Waals surface area contributed by atoms with Crippen molar-refractivity contribution in [1.29, 1.82) is 5.26 Å². The van der Waals surface area contributed by atoms with Crippen molar-refractivity contribution in [2.75, 3.05) is 37.6 Å². The SMILES string of the molecule is C[C@@H]1CN(c2ncc(C#N)cn2)C[C@H](C)N1C(=O)NCCC1CCN(Cc2ccc(B(O)O)cc2)CC1. The van der Waals surface area contributed by atoms with Crippen molar-refractivity contribution in [3.8, 4) is 6.07 Å². The highest BCUT2D eigenvalue weighted by Crippen LogP contribution is 2.22. The van der Waals surface area contributed by atoms with Crippen molar-refractivity contribution in [2.24, 2.45) is 5.92 Å². The first-order valence-electron chi connectivity index (χ1n) is 13.0. The standard InChI is InChI=1S/C26H36BN7O3/c1-19-16-33(25-30-14-23(13-28)15-31-25)17-20(2)34(19)26(35)29-10-7-21-8-11-32(12-9-21)18-22-3-5-24(6-4-22)27(36)37/h3-6,14-15,19-21,36-37H,7-12,16-18H2,1-2H3,(H,29,35)/t19-,20+. The molecule has 11 heteroatoms. The second-order valence-electron chi connectivity index (χ2n) is 10.2. The summed E-state index contributed by atoms with van der Waals surface area (Å²) >= 11 is 0. The van der Waals surface area contributed by atoms with E-state index in [-0.39, 0.29) is 18.1 Å². The number of anilines is 1. The van der Waals surface area contributed by atoms with Gasteiger partial charge in [0.1, 0.15) is 6.07 Å². The van der Waals surface area contributed by atoms with Crippen LogP contribution in [-0.2, 0) is 6.54 Å². The fourth-order valence-corrected chi connectivity index (χ4v) is 5.39. The number of amides is 2. The Morgan fingerprint density at radius 3 is 2.30 bits per heavy atom. The first kappa shape index (κ1) is 26.9. The average molecular weight is 505 g/mol. The molecule has 2 atom stereocenters. The summed E-state index contributed by atoms with van der Waals surface area (Å²) in [6.45, 7) is 8.96. The van der Waals surface area contributed by atoms with Gasteiger partial charge in [0.05, 0.1) is 18.0 Å². The number of hydrogen-bond acceptors (Lipinski definition) is 8. The maximum absolute atomic E-state index is 13.0. The van der Waals surface area contributed by atoms with Gasteiger partial charge in [0.2, 0.25) is 5.95 Å². The Bertz CT molecular complexity index is 1060. The third-order valence-electron chi connectivity index (χ3n) is 7.42. The Labute approximate surface area is 219 Å². The van der Waals surface area contributed by atoms with Gasteiger partial charge in [-0.1, -0.05) is 24.3 Å². The molecular weight excluding hydrogens is 469 g/mol. The normalized spacial score (nSPS) is 20.9. The Hall–Kier alpha value is -3.20. The van der Waals surface area contributed by atoms with Crippen molar-refractivity contribution >= 4 is 24.6 Å². The number of carbonyl (C=O) groups excluding carboxylic acids is 1. The van der Waals surface area contributed by atoms with Crippen LogP contribution in [0.25, 0.3) is 0 Å². The molecule has 0 bridgehead atoms. The minimum absolute atomic E-state index is 0.0148. The van der Waals surface area contributed by atoms with Gasteiger partial charge in [-0.3, -0.25) is 4.90 Å². The Kier molecular flexibility index (Phi) is 8.97. The number of nitrogens with zero attached hydrogens (tertiary/aromatic N) is 6. The van der Waals surface area contributed by atoms with E-state index in [1.807, 2.05) is 36.9 Å². The Morgan fingerprint density at radius 1 is 1.11 bits per heavy atom. The van der Waals surface area contributed by atoms with Crippen LogP contribution in [0.15, 0.2) is 36.7 Å². The lowest BCUT2D eigenvalue weighted by molar-refractivity contribution is 0.139. The molecule has 0 radical (unpaired) electrons. The lowest BCUT2D eigenvalue weighted by Gasteiger charge is -2.44. The van der Waals surface area contributed by atoms with Gasteiger partial charge in [-0.15, -0.1) is 0 Å². The van der Waals surface area contributed by atoms with E-state index >= 15 is 0 Å². The molecule has 2 aromatic rings. The molecule has 0 unspecified atom stereocenters. The van der Waals surface area contributed by atoms with E-state index in [9.17, 15) is 14.8 Å². The van der Waals surface area contributed by atoms with Crippen LogP contribution in [0.4, 0.5) is 10.7 Å². The second-order valence-corrected chi connectivity index (χ2v) is 10.2. The number of aromatic nitrogens is 2. The van der Waals surface area contributed by atoms with Crippen LogP contribution in [0, 0.1) is 17.2 Å². The average Bonchev–Trinajstić information content (AvgIpc) is 2.89. The molecule has 4 rings (SSSR count). The summed E-state index contributed by atoms with van der Waals surface area (Å²) < 4.78 is 0. The molecule has 2 amide bonds. The summed E-state index contributed by atoms with van der Waals surface area (Å²) in [5.74, 6) is 1.19. The number of rotatable bonds is 7. The number of likely N-dealkylation sites (tertiary alicyclic amines) is 1. The number of piperidine rings is 1. The van der Waals surface area contributed by atoms with Crippen LogP contribution < -0.4 is 15.7 Å². The van der Waals surface area contributed by atoms with Crippen molar-refractivity contribution in [1.82, 2.24) is 25.1 Å². The number of urea groups is 1. The molecule has 2 aliphatic heterocycles. The number of piperazine rings is 1. The molecule has 1 aromatic heterocycles. The van der Waals surface area contributed by atoms with Gasteiger partial charge in [0.25, 0.3) is 0 Å². The third-order valence-corrected chi connectivity index (χ3v) is 7.42. The van der Waals surface area contributed by atoms with Crippen LogP contribution in [0.2, 0.25) is 0 Å². The van der Waals surface area contributed by atoms with E-state index in [1.165, 1.54) is 18.0 Å². The molecule has 2 saturated heterocycles. The monoisotopic (exact) mass is 505 g/mol. The van der Waals surface area contributed by atoms with E-state index in [2.05, 4.69) is 25.1 Å². The van der Waals surface area contributed by atoms with Gasteiger partial charge < -0.3 is 25.2 Å². The number of nitrogens with one attached hydrogen (secondary N) is 1. The topological polar surface area (TPSA) is 129 Å². The first-order valence-corrected chi connectivity index (χ1v) is 13.0. The number of benzene rings is 1. The zero-order valence-electron chi connectivity index (χ0n) is 21.6. The maximum Gasteiger partial charge on any atom is 0.488 e. The molecule has 196 valence electrons. The summed E-state index contributed by atoms with van der Waals surface area (Å²) in [6, 6.07) is 9.48. The lowest BCUT2D eigenvalue weighted by Crippen LogP contribution is -2.61. The summed E-state index contributed by atoms with van der Waals surface area (Å²) in [6.07, 6.45) is 6.26. The third kappa shape index (κ3) is 6.98.